The number of aromatic nitrogens is 2. The fraction of sp³-hybridized carbons (Fsp3) is 0.750. The van der Waals surface area contributed by atoms with E-state index >= 15 is 0 Å². The summed E-state index contributed by atoms with van der Waals surface area (Å²) < 4.78 is 3.49. The maximum absolute atomic E-state index is 11.7. The minimum Gasteiger partial charge on any atom is -0.330 e. The van der Waals surface area contributed by atoms with Gasteiger partial charge in [-0.1, -0.05) is 13.8 Å². The van der Waals surface area contributed by atoms with Crippen molar-refractivity contribution in [2.45, 2.75) is 46.7 Å². The third-order valence-electron chi connectivity index (χ3n) is 3.06. The first-order valence-electron chi connectivity index (χ1n) is 5.96. The molecule has 1 rings (SSSR count). The lowest BCUT2D eigenvalue weighted by molar-refractivity contribution is 0.326. The predicted molar refractivity (Wildman–Crippen MR) is 66.4 cm³/mol. The number of hydrogen-bond acceptors (Lipinski definition) is 2. The molecule has 0 aliphatic heterocycles. The van der Waals surface area contributed by atoms with Crippen LogP contribution < -0.4 is 11.4 Å². The van der Waals surface area contributed by atoms with E-state index in [4.69, 9.17) is 5.73 Å². The van der Waals surface area contributed by atoms with E-state index in [2.05, 4.69) is 13.8 Å². The maximum Gasteiger partial charge on any atom is 0.328 e. The van der Waals surface area contributed by atoms with Crippen LogP contribution in [0.1, 0.15) is 33.6 Å². The highest BCUT2D eigenvalue weighted by molar-refractivity contribution is 4.81. The number of aryl methyl sites for hydroxylation is 2. The molecule has 0 unspecified atom stereocenters. The average molecular weight is 225 g/mol. The van der Waals surface area contributed by atoms with E-state index in [0.29, 0.717) is 6.54 Å². The smallest absolute Gasteiger partial charge is 0.328 e. The number of imidazole rings is 1. The van der Waals surface area contributed by atoms with E-state index in [1.165, 1.54) is 0 Å². The fourth-order valence-corrected chi connectivity index (χ4v) is 1.69. The highest BCUT2D eigenvalue weighted by Gasteiger charge is 2.14. The molecule has 1 aromatic heterocycles. The van der Waals surface area contributed by atoms with Crippen LogP contribution in [0, 0.1) is 5.41 Å². The van der Waals surface area contributed by atoms with Gasteiger partial charge in [0.1, 0.15) is 0 Å². The SMILES string of the molecule is CCn1ccn(CCCC(C)(C)CN)c1=O. The Morgan fingerprint density at radius 3 is 2.44 bits per heavy atom. The summed E-state index contributed by atoms with van der Waals surface area (Å²) >= 11 is 0. The van der Waals surface area contributed by atoms with Crippen molar-refractivity contribution >= 4 is 0 Å². The van der Waals surface area contributed by atoms with Gasteiger partial charge in [0.15, 0.2) is 0 Å². The Balaban J connectivity index is 2.50. The van der Waals surface area contributed by atoms with Gasteiger partial charge in [0.05, 0.1) is 0 Å². The number of rotatable bonds is 6. The van der Waals surface area contributed by atoms with Gasteiger partial charge >= 0.3 is 5.69 Å². The van der Waals surface area contributed by atoms with Crippen molar-refractivity contribution in [2.75, 3.05) is 6.54 Å². The zero-order chi connectivity index (χ0) is 12.2. The predicted octanol–water partition coefficient (Wildman–Crippen LogP) is 1.43. The monoisotopic (exact) mass is 225 g/mol. The number of nitrogens with zero attached hydrogens (tertiary/aromatic N) is 2. The van der Waals surface area contributed by atoms with Gasteiger partial charge < -0.3 is 5.73 Å². The molecule has 1 heterocycles. The molecule has 0 aliphatic rings. The third kappa shape index (κ3) is 3.23. The lowest BCUT2D eigenvalue weighted by Crippen LogP contribution is -2.26. The van der Waals surface area contributed by atoms with Crippen LogP contribution in [0.25, 0.3) is 0 Å². The topological polar surface area (TPSA) is 52.9 Å². The van der Waals surface area contributed by atoms with Gasteiger partial charge in [-0.25, -0.2) is 4.79 Å². The summed E-state index contributed by atoms with van der Waals surface area (Å²) in [7, 11) is 0. The Bertz CT molecular complexity index is 376. The van der Waals surface area contributed by atoms with Gasteiger partial charge in [-0.3, -0.25) is 9.13 Å². The molecule has 0 saturated carbocycles. The van der Waals surface area contributed by atoms with Crippen molar-refractivity contribution in [3.8, 4) is 0 Å². The molecule has 2 N–H and O–H groups in total. The molecular weight excluding hydrogens is 202 g/mol. The molecule has 92 valence electrons. The van der Waals surface area contributed by atoms with Crippen molar-refractivity contribution in [1.82, 2.24) is 9.13 Å². The molecule has 0 saturated heterocycles. The Morgan fingerprint density at radius 1 is 1.31 bits per heavy atom. The molecule has 0 aliphatic carbocycles. The van der Waals surface area contributed by atoms with Gasteiger partial charge in [0.2, 0.25) is 0 Å². The summed E-state index contributed by atoms with van der Waals surface area (Å²) in [6.07, 6.45) is 5.75. The van der Waals surface area contributed by atoms with E-state index < -0.39 is 0 Å². The first-order valence-corrected chi connectivity index (χ1v) is 5.96. The van der Waals surface area contributed by atoms with Crippen molar-refractivity contribution in [1.29, 1.82) is 0 Å². The number of nitrogens with two attached hydrogens (primary N) is 1. The van der Waals surface area contributed by atoms with Gasteiger partial charge in [0.25, 0.3) is 0 Å². The average Bonchev–Trinajstić information content (AvgIpc) is 2.60. The molecule has 1 aromatic rings. The van der Waals surface area contributed by atoms with E-state index in [1.807, 2.05) is 19.3 Å². The van der Waals surface area contributed by atoms with Crippen LogP contribution in [0.2, 0.25) is 0 Å². The Hall–Kier alpha value is -1.03. The minimum atomic E-state index is 0.0908. The molecule has 0 radical (unpaired) electrons. The summed E-state index contributed by atoms with van der Waals surface area (Å²) in [6.45, 7) is 8.51. The summed E-state index contributed by atoms with van der Waals surface area (Å²) in [5.41, 5.74) is 5.94. The molecule has 0 atom stereocenters. The molecule has 4 heteroatoms. The highest BCUT2D eigenvalue weighted by Crippen LogP contribution is 2.20. The molecule has 0 spiro atoms. The second-order valence-corrected chi connectivity index (χ2v) is 5.03. The van der Waals surface area contributed by atoms with Crippen LogP contribution in [0.3, 0.4) is 0 Å². The van der Waals surface area contributed by atoms with Crippen LogP contribution in [0.15, 0.2) is 17.2 Å². The summed E-state index contributed by atoms with van der Waals surface area (Å²) in [6, 6.07) is 0. The zero-order valence-electron chi connectivity index (χ0n) is 10.6. The van der Waals surface area contributed by atoms with Gasteiger partial charge in [0, 0.05) is 25.5 Å². The summed E-state index contributed by atoms with van der Waals surface area (Å²) in [4.78, 5) is 11.7. The van der Waals surface area contributed by atoms with Crippen molar-refractivity contribution < 1.29 is 0 Å². The summed E-state index contributed by atoms with van der Waals surface area (Å²) in [5.74, 6) is 0. The maximum atomic E-state index is 11.7. The standard InChI is InChI=1S/C12H23N3O/c1-4-14-8-9-15(11(14)16)7-5-6-12(2,3)10-13/h8-9H,4-7,10,13H2,1-3H3. The van der Waals surface area contributed by atoms with Crippen LogP contribution in [0.5, 0.6) is 0 Å². The first kappa shape index (κ1) is 13.0. The quantitative estimate of drug-likeness (QED) is 0.796. The number of hydrogen-bond donors (Lipinski definition) is 1. The van der Waals surface area contributed by atoms with E-state index in [0.717, 1.165) is 25.9 Å². The Morgan fingerprint density at radius 2 is 1.94 bits per heavy atom. The van der Waals surface area contributed by atoms with Crippen molar-refractivity contribution in [3.05, 3.63) is 22.9 Å². The minimum absolute atomic E-state index is 0.0908. The van der Waals surface area contributed by atoms with Crippen molar-refractivity contribution in [3.63, 3.8) is 0 Å². The fourth-order valence-electron chi connectivity index (χ4n) is 1.69. The van der Waals surface area contributed by atoms with Gasteiger partial charge in [-0.15, -0.1) is 0 Å². The molecule has 0 aromatic carbocycles. The molecule has 0 fully saturated rings. The molecule has 4 nitrogen and oxygen atoms in total. The third-order valence-corrected chi connectivity index (χ3v) is 3.06. The highest BCUT2D eigenvalue weighted by atomic mass is 16.1. The normalized spacial score (nSPS) is 12.0. The first-order chi connectivity index (χ1) is 7.50. The lowest BCUT2D eigenvalue weighted by atomic mass is 9.88. The second-order valence-electron chi connectivity index (χ2n) is 5.03. The van der Waals surface area contributed by atoms with E-state index in [-0.39, 0.29) is 11.1 Å². The second kappa shape index (κ2) is 5.34. The largest absolute Gasteiger partial charge is 0.330 e. The lowest BCUT2D eigenvalue weighted by Gasteiger charge is -2.21. The van der Waals surface area contributed by atoms with Crippen LogP contribution in [-0.2, 0) is 13.1 Å². The molecule has 0 amide bonds. The molecular formula is C12H23N3O. The molecule has 0 bridgehead atoms. The molecule has 16 heavy (non-hydrogen) atoms. The van der Waals surface area contributed by atoms with E-state index in [9.17, 15) is 4.79 Å². The van der Waals surface area contributed by atoms with Crippen LogP contribution in [-0.4, -0.2) is 15.7 Å². The van der Waals surface area contributed by atoms with Crippen LogP contribution in [0.4, 0.5) is 0 Å². The van der Waals surface area contributed by atoms with Crippen LogP contribution >= 0.6 is 0 Å². The van der Waals surface area contributed by atoms with E-state index in [1.54, 1.807) is 9.13 Å². The zero-order valence-corrected chi connectivity index (χ0v) is 10.6. The van der Waals surface area contributed by atoms with Crippen molar-refractivity contribution in [2.24, 2.45) is 11.1 Å². The Labute approximate surface area is 97.1 Å². The summed E-state index contributed by atoms with van der Waals surface area (Å²) in [5, 5.41) is 0. The van der Waals surface area contributed by atoms with Gasteiger partial charge in [-0.2, -0.15) is 0 Å². The van der Waals surface area contributed by atoms with Gasteiger partial charge in [-0.05, 0) is 31.7 Å². The Kier molecular flexibility index (Phi) is 4.35.